The molecule has 2 aliphatic heterocycles. The van der Waals surface area contributed by atoms with E-state index < -0.39 is 0 Å². The average Bonchev–Trinajstić information content (AvgIpc) is 3.49. The average molecular weight is 420 g/mol. The third-order valence-electron chi connectivity index (χ3n) is 5.15. The van der Waals surface area contributed by atoms with Gasteiger partial charge < -0.3 is 19.3 Å². The normalized spacial score (nSPS) is 15.7. The van der Waals surface area contributed by atoms with Gasteiger partial charge in [-0.15, -0.1) is 21.5 Å². The molecule has 0 spiro atoms. The Morgan fingerprint density at radius 2 is 1.87 bits per heavy atom. The van der Waals surface area contributed by atoms with Crippen molar-refractivity contribution < 1.29 is 14.3 Å². The van der Waals surface area contributed by atoms with Crippen LogP contribution in [0, 0.1) is 0 Å². The Labute approximate surface area is 178 Å². The van der Waals surface area contributed by atoms with E-state index in [0.717, 1.165) is 40.8 Å². The lowest BCUT2D eigenvalue weighted by Gasteiger charge is -2.34. The van der Waals surface area contributed by atoms with Crippen molar-refractivity contribution in [3.8, 4) is 22.1 Å². The van der Waals surface area contributed by atoms with Crippen molar-refractivity contribution in [2.45, 2.75) is 0 Å². The molecule has 5 rings (SSSR count). The number of piperazine rings is 1. The van der Waals surface area contributed by atoms with Crippen LogP contribution in [0.2, 0.25) is 0 Å². The van der Waals surface area contributed by atoms with Gasteiger partial charge in [0.2, 0.25) is 12.7 Å². The van der Waals surface area contributed by atoms with E-state index in [1.54, 1.807) is 17.4 Å². The van der Waals surface area contributed by atoms with E-state index in [2.05, 4.69) is 15.1 Å². The molecule has 30 heavy (non-hydrogen) atoms. The van der Waals surface area contributed by atoms with Crippen LogP contribution in [-0.2, 0) is 4.79 Å². The van der Waals surface area contributed by atoms with Gasteiger partial charge in [0.05, 0.1) is 4.88 Å². The minimum Gasteiger partial charge on any atom is -0.454 e. The van der Waals surface area contributed by atoms with Crippen molar-refractivity contribution >= 4 is 29.1 Å². The van der Waals surface area contributed by atoms with Crippen molar-refractivity contribution in [3.63, 3.8) is 0 Å². The number of ether oxygens (including phenoxy) is 2. The maximum Gasteiger partial charge on any atom is 0.246 e. The molecular formula is C22H20N4O3S. The first-order valence-electron chi connectivity index (χ1n) is 9.75. The number of rotatable bonds is 4. The number of thiophene rings is 1. The lowest BCUT2D eigenvalue weighted by atomic mass is 10.2. The highest BCUT2D eigenvalue weighted by atomic mass is 32.1. The van der Waals surface area contributed by atoms with Crippen LogP contribution in [0.25, 0.3) is 16.6 Å². The van der Waals surface area contributed by atoms with Crippen LogP contribution >= 0.6 is 11.3 Å². The van der Waals surface area contributed by atoms with Crippen LogP contribution in [0.1, 0.15) is 5.56 Å². The largest absolute Gasteiger partial charge is 0.454 e. The summed E-state index contributed by atoms with van der Waals surface area (Å²) >= 11 is 1.65. The fourth-order valence-electron chi connectivity index (χ4n) is 3.50. The molecule has 7 nitrogen and oxygen atoms in total. The third-order valence-corrected chi connectivity index (χ3v) is 6.05. The van der Waals surface area contributed by atoms with Crippen molar-refractivity contribution in [3.05, 3.63) is 59.5 Å². The Kier molecular flexibility index (Phi) is 5.06. The van der Waals surface area contributed by atoms with E-state index in [1.807, 2.05) is 58.8 Å². The molecule has 0 aliphatic carbocycles. The lowest BCUT2D eigenvalue weighted by molar-refractivity contribution is -0.126. The molecule has 8 heteroatoms. The predicted octanol–water partition coefficient (Wildman–Crippen LogP) is 3.30. The van der Waals surface area contributed by atoms with Gasteiger partial charge in [-0.1, -0.05) is 12.1 Å². The maximum atomic E-state index is 12.6. The second-order valence-electron chi connectivity index (χ2n) is 7.01. The molecular weight excluding hydrogens is 400 g/mol. The highest BCUT2D eigenvalue weighted by molar-refractivity contribution is 7.13. The molecule has 0 N–H and O–H groups in total. The van der Waals surface area contributed by atoms with Crippen molar-refractivity contribution in [1.82, 2.24) is 15.1 Å². The van der Waals surface area contributed by atoms with Crippen molar-refractivity contribution in [1.29, 1.82) is 0 Å². The molecule has 2 aliphatic rings. The van der Waals surface area contributed by atoms with E-state index in [9.17, 15) is 4.79 Å². The number of fused-ring (bicyclic) bond motifs is 1. The molecule has 2 aromatic heterocycles. The number of anilines is 1. The second kappa shape index (κ2) is 8.16. The van der Waals surface area contributed by atoms with Gasteiger partial charge in [0.15, 0.2) is 17.3 Å². The van der Waals surface area contributed by atoms with E-state index in [1.165, 1.54) is 0 Å². The van der Waals surface area contributed by atoms with Crippen LogP contribution in [0.4, 0.5) is 5.82 Å². The standard InChI is InChI=1S/C22H20N4O3S/c27-22(8-4-16-3-6-18-19(14-16)29-15-28-18)26-11-9-25(10-12-26)21-7-5-17(23-24-21)20-2-1-13-30-20/h1-8,13-14H,9-12,15H2/b8-4+. The highest BCUT2D eigenvalue weighted by Gasteiger charge is 2.21. The first kappa shape index (κ1) is 18.6. The molecule has 0 saturated carbocycles. The highest BCUT2D eigenvalue weighted by Crippen LogP contribution is 2.32. The van der Waals surface area contributed by atoms with Crippen molar-refractivity contribution in [2.75, 3.05) is 37.9 Å². The summed E-state index contributed by atoms with van der Waals surface area (Å²) in [5.41, 5.74) is 1.79. The zero-order chi connectivity index (χ0) is 20.3. The molecule has 1 aromatic carbocycles. The quantitative estimate of drug-likeness (QED) is 0.604. The summed E-state index contributed by atoms with van der Waals surface area (Å²) in [5, 5.41) is 10.8. The minimum atomic E-state index is 0.00597. The summed E-state index contributed by atoms with van der Waals surface area (Å²) in [6.45, 7) is 3.01. The number of hydrogen-bond acceptors (Lipinski definition) is 7. The van der Waals surface area contributed by atoms with Gasteiger partial charge in [0.1, 0.15) is 5.69 Å². The summed E-state index contributed by atoms with van der Waals surface area (Å²) in [4.78, 5) is 17.7. The minimum absolute atomic E-state index is 0.00597. The molecule has 1 amide bonds. The Bertz CT molecular complexity index is 1060. The smallest absolute Gasteiger partial charge is 0.246 e. The van der Waals surface area contributed by atoms with Gasteiger partial charge in [-0.05, 0) is 47.4 Å². The van der Waals surface area contributed by atoms with Gasteiger partial charge in [0.25, 0.3) is 0 Å². The fourth-order valence-corrected chi connectivity index (χ4v) is 4.19. The number of benzene rings is 1. The molecule has 0 unspecified atom stereocenters. The molecule has 0 bridgehead atoms. The SMILES string of the molecule is O=C(/C=C/c1ccc2c(c1)OCO2)N1CCN(c2ccc(-c3cccs3)nn2)CC1. The summed E-state index contributed by atoms with van der Waals surface area (Å²) in [6, 6.07) is 13.7. The number of carbonyl (C=O) groups excluding carboxylic acids is 1. The van der Waals surface area contributed by atoms with E-state index in [0.29, 0.717) is 18.8 Å². The number of hydrogen-bond donors (Lipinski definition) is 0. The Morgan fingerprint density at radius 3 is 2.63 bits per heavy atom. The van der Waals surface area contributed by atoms with E-state index in [4.69, 9.17) is 9.47 Å². The Hall–Kier alpha value is -3.39. The summed E-state index contributed by atoms with van der Waals surface area (Å²) in [7, 11) is 0. The molecule has 152 valence electrons. The van der Waals surface area contributed by atoms with Gasteiger partial charge in [-0.2, -0.15) is 0 Å². The molecule has 0 atom stereocenters. The van der Waals surface area contributed by atoms with Crippen molar-refractivity contribution in [2.24, 2.45) is 0 Å². The molecule has 1 saturated heterocycles. The third kappa shape index (κ3) is 3.86. The number of nitrogens with zero attached hydrogens (tertiary/aromatic N) is 4. The summed E-state index contributed by atoms with van der Waals surface area (Å²) in [6.07, 6.45) is 3.42. The van der Waals surface area contributed by atoms with Crippen LogP contribution in [-0.4, -0.2) is 54.0 Å². The zero-order valence-corrected chi connectivity index (χ0v) is 17.0. The monoisotopic (exact) mass is 420 g/mol. The molecule has 4 heterocycles. The first-order chi connectivity index (χ1) is 14.8. The summed E-state index contributed by atoms with van der Waals surface area (Å²) < 4.78 is 10.7. The van der Waals surface area contributed by atoms with Gasteiger partial charge in [-0.3, -0.25) is 4.79 Å². The van der Waals surface area contributed by atoms with E-state index in [-0.39, 0.29) is 12.7 Å². The summed E-state index contributed by atoms with van der Waals surface area (Å²) in [5.74, 6) is 2.30. The topological polar surface area (TPSA) is 67.8 Å². The van der Waals surface area contributed by atoms with Crippen LogP contribution < -0.4 is 14.4 Å². The number of carbonyl (C=O) groups is 1. The van der Waals surface area contributed by atoms with E-state index >= 15 is 0 Å². The Morgan fingerprint density at radius 1 is 1.00 bits per heavy atom. The Balaban J connectivity index is 1.17. The van der Waals surface area contributed by atoms with Gasteiger partial charge >= 0.3 is 0 Å². The first-order valence-corrected chi connectivity index (χ1v) is 10.6. The van der Waals surface area contributed by atoms with Gasteiger partial charge in [0, 0.05) is 32.3 Å². The molecule has 0 radical (unpaired) electrons. The zero-order valence-electron chi connectivity index (χ0n) is 16.2. The second-order valence-corrected chi connectivity index (χ2v) is 7.96. The fraction of sp³-hybridized carbons (Fsp3) is 0.227. The molecule has 3 aromatic rings. The number of amides is 1. The van der Waals surface area contributed by atoms with Crippen LogP contribution in [0.3, 0.4) is 0 Å². The van der Waals surface area contributed by atoms with Gasteiger partial charge in [-0.25, -0.2) is 0 Å². The maximum absolute atomic E-state index is 12.6. The lowest BCUT2D eigenvalue weighted by Crippen LogP contribution is -2.48. The van der Waals surface area contributed by atoms with Crippen LogP contribution in [0.5, 0.6) is 11.5 Å². The number of aromatic nitrogens is 2. The van der Waals surface area contributed by atoms with Crippen LogP contribution in [0.15, 0.2) is 53.9 Å². The predicted molar refractivity (Wildman–Crippen MR) is 116 cm³/mol. The molecule has 1 fully saturated rings.